The first kappa shape index (κ1) is 13.5. The molecule has 0 radical (unpaired) electrons. The largest absolute Gasteiger partial charge is 0.466 e. The fraction of sp³-hybridized carbons (Fsp3) is 0.923. The molecule has 94 valence electrons. The molecule has 3 heteroatoms. The third-order valence-electron chi connectivity index (χ3n) is 3.49. The quantitative estimate of drug-likeness (QED) is 0.534. The Labute approximate surface area is 99.1 Å². The van der Waals surface area contributed by atoms with Crippen molar-refractivity contribution < 1.29 is 9.53 Å². The Hall–Kier alpha value is -0.570. The van der Waals surface area contributed by atoms with Crippen LogP contribution >= 0.6 is 0 Å². The van der Waals surface area contributed by atoms with Crippen molar-refractivity contribution in [3.05, 3.63) is 0 Å². The molecule has 1 aliphatic heterocycles. The number of hydrogen-bond donors (Lipinski definition) is 0. The molecule has 0 aliphatic carbocycles. The summed E-state index contributed by atoms with van der Waals surface area (Å²) in [5, 5.41) is 0. The van der Waals surface area contributed by atoms with Gasteiger partial charge in [-0.3, -0.25) is 9.69 Å². The lowest BCUT2D eigenvalue weighted by molar-refractivity contribution is -0.143. The van der Waals surface area contributed by atoms with Crippen LogP contribution in [-0.4, -0.2) is 36.1 Å². The number of rotatable bonds is 5. The van der Waals surface area contributed by atoms with Crippen LogP contribution in [0.5, 0.6) is 0 Å². The highest BCUT2D eigenvalue weighted by Crippen LogP contribution is 2.22. The van der Waals surface area contributed by atoms with Crippen LogP contribution in [-0.2, 0) is 9.53 Å². The van der Waals surface area contributed by atoms with Crippen molar-refractivity contribution in [3.8, 4) is 0 Å². The van der Waals surface area contributed by atoms with E-state index in [4.69, 9.17) is 4.74 Å². The molecular formula is C13H25NO2. The van der Waals surface area contributed by atoms with E-state index in [1.54, 1.807) is 0 Å². The van der Waals surface area contributed by atoms with E-state index in [-0.39, 0.29) is 5.97 Å². The van der Waals surface area contributed by atoms with Gasteiger partial charge in [0.05, 0.1) is 6.61 Å². The minimum Gasteiger partial charge on any atom is -0.466 e. The Morgan fingerprint density at radius 2 is 1.94 bits per heavy atom. The summed E-state index contributed by atoms with van der Waals surface area (Å²) in [5.74, 6) is -0.0836. The molecule has 0 amide bonds. The third kappa shape index (κ3) is 4.12. The minimum absolute atomic E-state index is 0.0836. The molecule has 0 N–H and O–H groups in total. The molecule has 1 fully saturated rings. The van der Waals surface area contributed by atoms with E-state index in [1.165, 1.54) is 19.3 Å². The topological polar surface area (TPSA) is 29.5 Å². The first-order valence-corrected chi connectivity index (χ1v) is 6.56. The summed E-state index contributed by atoms with van der Waals surface area (Å²) < 4.78 is 5.09. The van der Waals surface area contributed by atoms with Crippen molar-refractivity contribution in [3.63, 3.8) is 0 Å². The predicted octanol–water partition coefficient (Wildman–Crippen LogP) is 2.59. The SMILES string of the molecule is CCC(=O)OCCCN1C(C)CCCC1C. The van der Waals surface area contributed by atoms with Gasteiger partial charge in [-0.25, -0.2) is 0 Å². The zero-order valence-electron chi connectivity index (χ0n) is 10.9. The predicted molar refractivity (Wildman–Crippen MR) is 65.3 cm³/mol. The van der Waals surface area contributed by atoms with Crippen molar-refractivity contribution in [2.24, 2.45) is 0 Å². The molecule has 16 heavy (non-hydrogen) atoms. The highest BCUT2D eigenvalue weighted by molar-refractivity contribution is 5.68. The standard InChI is InChI=1S/C13H25NO2/c1-4-13(15)16-10-6-9-14-11(2)7-5-8-12(14)3/h11-12H,4-10H2,1-3H3. The summed E-state index contributed by atoms with van der Waals surface area (Å²) in [5.41, 5.74) is 0. The van der Waals surface area contributed by atoms with Gasteiger partial charge in [-0.05, 0) is 33.1 Å². The number of likely N-dealkylation sites (tertiary alicyclic amines) is 1. The van der Waals surface area contributed by atoms with Gasteiger partial charge in [0.25, 0.3) is 0 Å². The normalized spacial score (nSPS) is 26.7. The van der Waals surface area contributed by atoms with Crippen LogP contribution in [0.25, 0.3) is 0 Å². The molecule has 0 aromatic carbocycles. The smallest absolute Gasteiger partial charge is 0.305 e. The minimum atomic E-state index is -0.0836. The Kier molecular flexibility index (Phi) is 5.81. The molecule has 2 unspecified atom stereocenters. The molecule has 0 aromatic rings. The Morgan fingerprint density at radius 3 is 2.50 bits per heavy atom. The molecule has 1 saturated heterocycles. The average molecular weight is 227 g/mol. The number of piperidine rings is 1. The zero-order chi connectivity index (χ0) is 12.0. The van der Waals surface area contributed by atoms with Crippen LogP contribution in [0.4, 0.5) is 0 Å². The first-order valence-electron chi connectivity index (χ1n) is 6.56. The van der Waals surface area contributed by atoms with Gasteiger partial charge >= 0.3 is 5.97 Å². The lowest BCUT2D eigenvalue weighted by Gasteiger charge is -2.38. The van der Waals surface area contributed by atoms with Gasteiger partial charge in [-0.1, -0.05) is 13.3 Å². The monoisotopic (exact) mass is 227 g/mol. The highest BCUT2D eigenvalue weighted by Gasteiger charge is 2.23. The maximum absolute atomic E-state index is 11.0. The lowest BCUT2D eigenvalue weighted by atomic mass is 9.97. The van der Waals surface area contributed by atoms with E-state index >= 15 is 0 Å². The van der Waals surface area contributed by atoms with Crippen molar-refractivity contribution in [1.29, 1.82) is 0 Å². The summed E-state index contributed by atoms with van der Waals surface area (Å²) in [6.07, 6.45) is 5.40. The van der Waals surface area contributed by atoms with Crippen LogP contribution in [0.15, 0.2) is 0 Å². The van der Waals surface area contributed by atoms with E-state index in [9.17, 15) is 4.79 Å². The van der Waals surface area contributed by atoms with Gasteiger partial charge in [-0.15, -0.1) is 0 Å². The second-order valence-corrected chi connectivity index (χ2v) is 4.79. The molecule has 0 saturated carbocycles. The average Bonchev–Trinajstić information content (AvgIpc) is 2.27. The second kappa shape index (κ2) is 6.89. The zero-order valence-corrected chi connectivity index (χ0v) is 10.9. The molecule has 3 nitrogen and oxygen atoms in total. The molecule has 1 heterocycles. The Balaban J connectivity index is 2.17. The second-order valence-electron chi connectivity index (χ2n) is 4.79. The number of carbonyl (C=O) groups is 1. The molecule has 0 spiro atoms. The summed E-state index contributed by atoms with van der Waals surface area (Å²) >= 11 is 0. The highest BCUT2D eigenvalue weighted by atomic mass is 16.5. The first-order chi connectivity index (χ1) is 7.65. The fourth-order valence-corrected chi connectivity index (χ4v) is 2.45. The van der Waals surface area contributed by atoms with Crippen LogP contribution in [0.2, 0.25) is 0 Å². The molecule has 2 atom stereocenters. The van der Waals surface area contributed by atoms with E-state index in [0.29, 0.717) is 25.1 Å². The summed E-state index contributed by atoms with van der Waals surface area (Å²) in [6, 6.07) is 1.37. The number of hydrogen-bond acceptors (Lipinski definition) is 3. The van der Waals surface area contributed by atoms with Crippen LogP contribution in [0.1, 0.15) is 52.9 Å². The number of carbonyl (C=O) groups excluding carboxylic acids is 1. The summed E-state index contributed by atoms with van der Waals surface area (Å²) in [4.78, 5) is 13.5. The molecular weight excluding hydrogens is 202 g/mol. The maximum atomic E-state index is 11.0. The van der Waals surface area contributed by atoms with Gasteiger partial charge in [0.15, 0.2) is 0 Å². The van der Waals surface area contributed by atoms with E-state index in [1.807, 2.05) is 6.92 Å². The van der Waals surface area contributed by atoms with Crippen molar-refractivity contribution in [1.82, 2.24) is 4.90 Å². The van der Waals surface area contributed by atoms with Crippen molar-refractivity contribution in [2.45, 2.75) is 65.0 Å². The van der Waals surface area contributed by atoms with E-state index in [0.717, 1.165) is 13.0 Å². The summed E-state index contributed by atoms with van der Waals surface area (Å²) in [7, 11) is 0. The number of nitrogens with zero attached hydrogens (tertiary/aromatic N) is 1. The van der Waals surface area contributed by atoms with E-state index in [2.05, 4.69) is 18.7 Å². The van der Waals surface area contributed by atoms with Crippen LogP contribution < -0.4 is 0 Å². The maximum Gasteiger partial charge on any atom is 0.305 e. The van der Waals surface area contributed by atoms with Crippen LogP contribution in [0.3, 0.4) is 0 Å². The van der Waals surface area contributed by atoms with Gasteiger partial charge in [0.2, 0.25) is 0 Å². The fourth-order valence-electron chi connectivity index (χ4n) is 2.45. The van der Waals surface area contributed by atoms with Gasteiger partial charge < -0.3 is 4.74 Å². The number of ether oxygens (including phenoxy) is 1. The van der Waals surface area contributed by atoms with Crippen molar-refractivity contribution in [2.75, 3.05) is 13.2 Å². The van der Waals surface area contributed by atoms with Gasteiger partial charge in [-0.2, -0.15) is 0 Å². The lowest BCUT2D eigenvalue weighted by Crippen LogP contribution is -2.44. The molecule has 0 bridgehead atoms. The Morgan fingerprint density at radius 1 is 1.31 bits per heavy atom. The van der Waals surface area contributed by atoms with Gasteiger partial charge in [0, 0.05) is 25.0 Å². The van der Waals surface area contributed by atoms with Crippen LogP contribution in [0, 0.1) is 0 Å². The molecule has 1 rings (SSSR count). The summed E-state index contributed by atoms with van der Waals surface area (Å²) in [6.45, 7) is 8.06. The van der Waals surface area contributed by atoms with Gasteiger partial charge in [0.1, 0.15) is 0 Å². The van der Waals surface area contributed by atoms with E-state index < -0.39 is 0 Å². The van der Waals surface area contributed by atoms with Crippen molar-refractivity contribution >= 4 is 5.97 Å². The molecule has 1 aliphatic rings. The third-order valence-corrected chi connectivity index (χ3v) is 3.49. The molecule has 0 aromatic heterocycles. The number of esters is 1. The Bertz CT molecular complexity index is 208.